The van der Waals surface area contributed by atoms with Gasteiger partial charge >= 0.3 is 6.03 Å². The van der Waals surface area contributed by atoms with Crippen LogP contribution in [0.5, 0.6) is 5.75 Å². The van der Waals surface area contributed by atoms with E-state index in [0.717, 1.165) is 49.8 Å². The van der Waals surface area contributed by atoms with Crippen LogP contribution >= 0.6 is 0 Å². The number of urea groups is 1. The number of methoxy groups -OCH3 is 1. The van der Waals surface area contributed by atoms with Gasteiger partial charge in [0.05, 0.1) is 12.8 Å². The van der Waals surface area contributed by atoms with Gasteiger partial charge in [-0.15, -0.1) is 0 Å². The van der Waals surface area contributed by atoms with E-state index >= 15 is 0 Å². The average molecular weight is 383 g/mol. The first kappa shape index (κ1) is 20.0. The molecule has 1 heterocycles. The number of ether oxygens (including phenoxy) is 1. The van der Waals surface area contributed by atoms with E-state index in [1.165, 1.54) is 11.1 Å². The first-order valence-corrected chi connectivity index (χ1v) is 9.79. The standard InChI is InChI=1S/C22H30N4O2/c1-17-8-9-19(16-18(17)2)24-22(27)23-10-11-25-12-14-26(15-13-25)20-6-4-5-7-21(20)28-3/h4-9,16H,10-15H2,1-3H3,(H2,23,24,27). The van der Waals surface area contributed by atoms with Crippen molar-refractivity contribution in [2.75, 3.05) is 56.6 Å². The first-order valence-electron chi connectivity index (χ1n) is 9.79. The molecular weight excluding hydrogens is 352 g/mol. The van der Waals surface area contributed by atoms with Crippen LogP contribution in [0.4, 0.5) is 16.2 Å². The van der Waals surface area contributed by atoms with Crippen molar-refractivity contribution >= 4 is 17.4 Å². The minimum Gasteiger partial charge on any atom is -0.495 e. The Hall–Kier alpha value is -2.73. The molecule has 3 rings (SSSR count). The van der Waals surface area contributed by atoms with Gasteiger partial charge in [0.15, 0.2) is 0 Å². The number of benzene rings is 2. The van der Waals surface area contributed by atoms with Gasteiger partial charge in [-0.1, -0.05) is 18.2 Å². The summed E-state index contributed by atoms with van der Waals surface area (Å²) in [6, 6.07) is 13.9. The SMILES string of the molecule is COc1ccccc1N1CCN(CCNC(=O)Nc2ccc(C)c(C)c2)CC1. The second-order valence-electron chi connectivity index (χ2n) is 7.18. The quantitative estimate of drug-likeness (QED) is 0.805. The van der Waals surface area contributed by atoms with Crippen molar-refractivity contribution in [3.63, 3.8) is 0 Å². The smallest absolute Gasteiger partial charge is 0.319 e. The third-order valence-corrected chi connectivity index (χ3v) is 5.28. The van der Waals surface area contributed by atoms with Crippen molar-refractivity contribution in [2.24, 2.45) is 0 Å². The van der Waals surface area contributed by atoms with Crippen molar-refractivity contribution in [3.8, 4) is 5.75 Å². The maximum atomic E-state index is 12.1. The summed E-state index contributed by atoms with van der Waals surface area (Å²) in [5.41, 5.74) is 4.37. The second kappa shape index (κ2) is 9.46. The lowest BCUT2D eigenvalue weighted by Gasteiger charge is -2.36. The van der Waals surface area contributed by atoms with Crippen LogP contribution in [0.15, 0.2) is 42.5 Å². The fourth-order valence-electron chi connectivity index (χ4n) is 3.43. The van der Waals surface area contributed by atoms with E-state index in [4.69, 9.17) is 4.74 Å². The van der Waals surface area contributed by atoms with Crippen LogP contribution in [0, 0.1) is 13.8 Å². The molecule has 0 spiro atoms. The third-order valence-electron chi connectivity index (χ3n) is 5.28. The van der Waals surface area contributed by atoms with Crippen LogP contribution in [-0.2, 0) is 0 Å². The topological polar surface area (TPSA) is 56.8 Å². The van der Waals surface area contributed by atoms with Crippen molar-refractivity contribution in [1.29, 1.82) is 0 Å². The molecule has 0 radical (unpaired) electrons. The van der Waals surface area contributed by atoms with Crippen molar-refractivity contribution in [2.45, 2.75) is 13.8 Å². The average Bonchev–Trinajstić information content (AvgIpc) is 2.71. The number of rotatable bonds is 6. The van der Waals surface area contributed by atoms with Crippen molar-refractivity contribution in [3.05, 3.63) is 53.6 Å². The highest BCUT2D eigenvalue weighted by Gasteiger charge is 2.19. The molecule has 28 heavy (non-hydrogen) atoms. The van der Waals surface area contributed by atoms with Gasteiger partial charge in [-0.3, -0.25) is 4.90 Å². The van der Waals surface area contributed by atoms with Gasteiger partial charge in [0.1, 0.15) is 5.75 Å². The molecule has 0 aliphatic carbocycles. The molecule has 1 aliphatic heterocycles. The van der Waals surface area contributed by atoms with E-state index < -0.39 is 0 Å². The molecular formula is C22H30N4O2. The summed E-state index contributed by atoms with van der Waals surface area (Å²) < 4.78 is 5.47. The minimum absolute atomic E-state index is 0.157. The van der Waals surface area contributed by atoms with Crippen molar-refractivity contribution < 1.29 is 9.53 Å². The Morgan fingerprint density at radius 3 is 2.50 bits per heavy atom. The van der Waals surface area contributed by atoms with Crippen LogP contribution < -0.4 is 20.3 Å². The number of para-hydroxylation sites is 2. The fraction of sp³-hybridized carbons (Fsp3) is 0.409. The predicted octanol–water partition coefficient (Wildman–Crippen LogP) is 3.26. The normalized spacial score (nSPS) is 14.6. The number of carbonyl (C=O) groups excluding carboxylic acids is 1. The number of carbonyl (C=O) groups is 1. The van der Waals surface area contributed by atoms with Crippen molar-refractivity contribution in [1.82, 2.24) is 10.2 Å². The van der Waals surface area contributed by atoms with E-state index in [9.17, 15) is 4.79 Å². The van der Waals surface area contributed by atoms with Crippen LogP contribution in [0.25, 0.3) is 0 Å². The zero-order valence-electron chi connectivity index (χ0n) is 17.0. The maximum Gasteiger partial charge on any atom is 0.319 e. The van der Waals surface area contributed by atoms with E-state index in [-0.39, 0.29) is 6.03 Å². The number of amides is 2. The number of anilines is 2. The van der Waals surface area contributed by atoms with Gasteiger partial charge < -0.3 is 20.3 Å². The van der Waals surface area contributed by atoms with Gasteiger partial charge in [0, 0.05) is 45.0 Å². The Bertz CT molecular complexity index is 801. The number of hydrogen-bond donors (Lipinski definition) is 2. The second-order valence-corrected chi connectivity index (χ2v) is 7.18. The van der Waals surface area contributed by atoms with Crippen LogP contribution in [0.1, 0.15) is 11.1 Å². The minimum atomic E-state index is -0.157. The summed E-state index contributed by atoms with van der Waals surface area (Å²) in [5.74, 6) is 0.917. The third kappa shape index (κ3) is 5.16. The highest BCUT2D eigenvalue weighted by atomic mass is 16.5. The summed E-state index contributed by atoms with van der Waals surface area (Å²) in [6.07, 6.45) is 0. The predicted molar refractivity (Wildman–Crippen MR) is 115 cm³/mol. The Morgan fingerprint density at radius 2 is 1.79 bits per heavy atom. The molecule has 6 heteroatoms. The van der Waals surface area contributed by atoms with Crippen LogP contribution in [0.2, 0.25) is 0 Å². The van der Waals surface area contributed by atoms with E-state index in [2.05, 4.69) is 33.4 Å². The molecule has 2 aromatic carbocycles. The summed E-state index contributed by atoms with van der Waals surface area (Å²) in [6.45, 7) is 9.43. The summed E-state index contributed by atoms with van der Waals surface area (Å²) >= 11 is 0. The molecule has 2 aromatic rings. The number of hydrogen-bond acceptors (Lipinski definition) is 4. The Balaban J connectivity index is 1.39. The Kier molecular flexibility index (Phi) is 6.76. The summed E-state index contributed by atoms with van der Waals surface area (Å²) in [7, 11) is 1.71. The van der Waals surface area contributed by atoms with Crippen LogP contribution in [-0.4, -0.2) is 57.3 Å². The zero-order chi connectivity index (χ0) is 19.9. The molecule has 2 amide bonds. The molecule has 0 atom stereocenters. The molecule has 1 fully saturated rings. The highest BCUT2D eigenvalue weighted by Crippen LogP contribution is 2.28. The van der Waals surface area contributed by atoms with Crippen LogP contribution in [0.3, 0.4) is 0 Å². The van der Waals surface area contributed by atoms with E-state index in [0.29, 0.717) is 6.54 Å². The number of nitrogens with one attached hydrogen (secondary N) is 2. The molecule has 1 aliphatic rings. The maximum absolute atomic E-state index is 12.1. The lowest BCUT2D eigenvalue weighted by molar-refractivity contribution is 0.240. The lowest BCUT2D eigenvalue weighted by atomic mass is 10.1. The number of nitrogens with zero attached hydrogens (tertiary/aromatic N) is 2. The Labute approximate surface area is 167 Å². The van der Waals surface area contributed by atoms with E-state index in [1.807, 2.05) is 43.3 Å². The zero-order valence-corrected chi connectivity index (χ0v) is 17.0. The molecule has 1 saturated heterocycles. The number of piperazine rings is 1. The molecule has 6 nitrogen and oxygen atoms in total. The molecule has 150 valence electrons. The molecule has 0 bridgehead atoms. The molecule has 0 saturated carbocycles. The molecule has 0 aromatic heterocycles. The van der Waals surface area contributed by atoms with Gasteiger partial charge in [0.2, 0.25) is 0 Å². The monoisotopic (exact) mass is 382 g/mol. The fourth-order valence-corrected chi connectivity index (χ4v) is 3.43. The highest BCUT2D eigenvalue weighted by molar-refractivity contribution is 5.89. The van der Waals surface area contributed by atoms with Gasteiger partial charge in [-0.2, -0.15) is 0 Å². The van der Waals surface area contributed by atoms with Gasteiger partial charge in [-0.05, 0) is 49.2 Å². The number of aryl methyl sites for hydroxylation is 2. The summed E-state index contributed by atoms with van der Waals surface area (Å²) in [4.78, 5) is 16.8. The summed E-state index contributed by atoms with van der Waals surface area (Å²) in [5, 5.41) is 5.85. The molecule has 0 unspecified atom stereocenters. The van der Waals surface area contributed by atoms with Gasteiger partial charge in [0.25, 0.3) is 0 Å². The lowest BCUT2D eigenvalue weighted by Crippen LogP contribution is -2.48. The first-order chi connectivity index (χ1) is 13.6. The largest absolute Gasteiger partial charge is 0.495 e. The van der Waals surface area contributed by atoms with E-state index in [1.54, 1.807) is 7.11 Å². The Morgan fingerprint density at radius 1 is 1.04 bits per heavy atom. The molecule has 2 N–H and O–H groups in total. The van der Waals surface area contributed by atoms with Gasteiger partial charge in [-0.25, -0.2) is 4.79 Å².